The van der Waals surface area contributed by atoms with Gasteiger partial charge in [-0.1, -0.05) is 13.8 Å². The van der Waals surface area contributed by atoms with Crippen molar-refractivity contribution in [1.82, 2.24) is 10.0 Å². The van der Waals surface area contributed by atoms with Crippen molar-refractivity contribution in [2.75, 3.05) is 18.9 Å². The molecule has 130 valence electrons. The molecule has 0 radical (unpaired) electrons. The number of hydrogen-bond acceptors (Lipinski definition) is 5. The van der Waals surface area contributed by atoms with Crippen molar-refractivity contribution in [1.29, 1.82) is 0 Å². The van der Waals surface area contributed by atoms with Crippen molar-refractivity contribution in [3.05, 3.63) is 0 Å². The van der Waals surface area contributed by atoms with Crippen LogP contribution in [0.3, 0.4) is 0 Å². The summed E-state index contributed by atoms with van der Waals surface area (Å²) < 4.78 is 30.5. The molecule has 0 aliphatic carbocycles. The van der Waals surface area contributed by atoms with Gasteiger partial charge >= 0.3 is 5.97 Å². The Kier molecular flexibility index (Phi) is 9.22. The summed E-state index contributed by atoms with van der Waals surface area (Å²) in [5, 5.41) is 11.3. The van der Waals surface area contributed by atoms with Gasteiger partial charge < -0.3 is 15.2 Å². The van der Waals surface area contributed by atoms with E-state index in [9.17, 15) is 18.0 Å². The summed E-state index contributed by atoms with van der Waals surface area (Å²) in [7, 11) is -3.63. The number of carboxylic acids is 1. The third-order valence-corrected chi connectivity index (χ3v) is 3.88. The molecule has 0 spiro atoms. The molecule has 0 saturated carbocycles. The highest BCUT2D eigenvalue weighted by atomic mass is 32.2. The Morgan fingerprint density at radius 3 is 2.23 bits per heavy atom. The fraction of sp³-hybridized carbons (Fsp3) is 0.846. The lowest BCUT2D eigenvalue weighted by Crippen LogP contribution is -2.46. The molecule has 0 aromatic rings. The molecule has 0 aliphatic heterocycles. The molecule has 0 fully saturated rings. The number of rotatable bonds is 11. The van der Waals surface area contributed by atoms with Crippen LogP contribution in [-0.2, 0) is 24.3 Å². The van der Waals surface area contributed by atoms with Gasteiger partial charge in [-0.05, 0) is 26.2 Å². The maximum atomic E-state index is 11.6. The van der Waals surface area contributed by atoms with Gasteiger partial charge in [-0.3, -0.25) is 4.79 Å². The van der Waals surface area contributed by atoms with E-state index in [1.54, 1.807) is 13.8 Å². The molecular weight excluding hydrogens is 312 g/mol. The highest BCUT2D eigenvalue weighted by Crippen LogP contribution is 2.04. The van der Waals surface area contributed by atoms with Gasteiger partial charge in [-0.2, -0.15) is 0 Å². The first-order chi connectivity index (χ1) is 10.0. The summed E-state index contributed by atoms with van der Waals surface area (Å²) >= 11 is 0. The highest BCUT2D eigenvalue weighted by molar-refractivity contribution is 7.89. The average molecular weight is 338 g/mol. The van der Waals surface area contributed by atoms with Crippen LogP contribution in [0.5, 0.6) is 0 Å². The van der Waals surface area contributed by atoms with Crippen LogP contribution in [-0.4, -0.2) is 56.5 Å². The van der Waals surface area contributed by atoms with Crippen LogP contribution >= 0.6 is 0 Å². The van der Waals surface area contributed by atoms with E-state index in [0.29, 0.717) is 0 Å². The Labute approximate surface area is 131 Å². The number of sulfonamides is 1. The Hall–Kier alpha value is -1.19. The summed E-state index contributed by atoms with van der Waals surface area (Å²) in [6.07, 6.45) is 0.196. The normalized spacial score (nSPS) is 13.4. The maximum absolute atomic E-state index is 11.6. The molecule has 0 saturated heterocycles. The molecule has 0 aromatic heterocycles. The second kappa shape index (κ2) is 9.75. The molecular formula is C13H26N2O6S. The largest absolute Gasteiger partial charge is 0.480 e. The summed E-state index contributed by atoms with van der Waals surface area (Å²) in [4.78, 5) is 22.6. The number of ether oxygens (including phenoxy) is 1. The summed E-state index contributed by atoms with van der Waals surface area (Å²) in [5.74, 6) is -1.99. The van der Waals surface area contributed by atoms with Gasteiger partial charge in [0, 0.05) is 0 Å². The first-order valence-electron chi connectivity index (χ1n) is 7.14. The van der Waals surface area contributed by atoms with Crippen molar-refractivity contribution in [3.8, 4) is 0 Å². The monoisotopic (exact) mass is 338 g/mol. The molecule has 8 nitrogen and oxygen atoms in total. The minimum atomic E-state index is -3.63. The van der Waals surface area contributed by atoms with Crippen LogP contribution in [0, 0.1) is 5.92 Å². The van der Waals surface area contributed by atoms with Gasteiger partial charge in [0.1, 0.15) is 6.04 Å². The molecule has 1 amide bonds. The van der Waals surface area contributed by atoms with E-state index >= 15 is 0 Å². The Morgan fingerprint density at radius 1 is 1.18 bits per heavy atom. The van der Waals surface area contributed by atoms with Gasteiger partial charge in [0.15, 0.2) is 0 Å². The van der Waals surface area contributed by atoms with Gasteiger partial charge in [0.25, 0.3) is 0 Å². The zero-order valence-electron chi connectivity index (χ0n) is 13.5. The molecule has 0 unspecified atom stereocenters. The van der Waals surface area contributed by atoms with E-state index in [1.165, 1.54) is 0 Å². The van der Waals surface area contributed by atoms with Crippen LogP contribution in [0.15, 0.2) is 0 Å². The maximum Gasteiger partial charge on any atom is 0.326 e. The summed E-state index contributed by atoms with van der Waals surface area (Å²) in [6, 6.07) is -1.03. The van der Waals surface area contributed by atoms with Crippen molar-refractivity contribution in [2.45, 2.75) is 46.3 Å². The lowest BCUT2D eigenvalue weighted by molar-refractivity contribution is -0.142. The van der Waals surface area contributed by atoms with Crippen molar-refractivity contribution < 1.29 is 27.9 Å². The first-order valence-corrected chi connectivity index (χ1v) is 8.79. The minimum absolute atomic E-state index is 0.0275. The summed E-state index contributed by atoms with van der Waals surface area (Å²) in [5.41, 5.74) is 0. The predicted molar refractivity (Wildman–Crippen MR) is 81.9 cm³/mol. The van der Waals surface area contributed by atoms with Crippen LogP contribution < -0.4 is 10.0 Å². The van der Waals surface area contributed by atoms with Gasteiger partial charge in [0.05, 0.1) is 25.0 Å². The van der Waals surface area contributed by atoms with Crippen LogP contribution in [0.25, 0.3) is 0 Å². The quantitative estimate of drug-likeness (QED) is 0.485. The second-order valence-electron chi connectivity index (χ2n) is 5.65. The molecule has 0 rings (SSSR count). The topological polar surface area (TPSA) is 122 Å². The van der Waals surface area contributed by atoms with Gasteiger partial charge in [-0.25, -0.2) is 17.9 Å². The van der Waals surface area contributed by atoms with Crippen LogP contribution in [0.4, 0.5) is 0 Å². The third kappa shape index (κ3) is 10.5. The van der Waals surface area contributed by atoms with Crippen LogP contribution in [0.1, 0.15) is 34.1 Å². The molecule has 0 aliphatic rings. The lowest BCUT2D eigenvalue weighted by Gasteiger charge is -2.16. The second-order valence-corrected chi connectivity index (χ2v) is 7.57. The van der Waals surface area contributed by atoms with E-state index in [0.717, 1.165) is 0 Å². The van der Waals surface area contributed by atoms with Gasteiger partial charge in [-0.15, -0.1) is 0 Å². The average Bonchev–Trinajstić information content (AvgIpc) is 2.34. The van der Waals surface area contributed by atoms with E-state index in [1.807, 2.05) is 13.8 Å². The minimum Gasteiger partial charge on any atom is -0.480 e. The molecule has 22 heavy (non-hydrogen) atoms. The third-order valence-electron chi connectivity index (χ3n) is 2.60. The molecule has 9 heteroatoms. The fourth-order valence-electron chi connectivity index (χ4n) is 1.58. The zero-order valence-corrected chi connectivity index (χ0v) is 14.3. The van der Waals surface area contributed by atoms with Crippen LogP contribution in [0.2, 0.25) is 0 Å². The number of amides is 1. The molecule has 0 bridgehead atoms. The lowest BCUT2D eigenvalue weighted by atomic mass is 10.0. The van der Waals surface area contributed by atoms with Crippen molar-refractivity contribution >= 4 is 21.9 Å². The molecule has 0 heterocycles. The Bertz CT molecular complexity index is 461. The predicted octanol–water partition coefficient (Wildman–Crippen LogP) is -0.0537. The Morgan fingerprint density at radius 2 is 1.77 bits per heavy atom. The highest BCUT2D eigenvalue weighted by Gasteiger charge is 2.21. The van der Waals surface area contributed by atoms with Gasteiger partial charge in [0.2, 0.25) is 15.9 Å². The zero-order chi connectivity index (χ0) is 17.3. The standard InChI is InChI=1S/C13H26N2O6S/c1-9(2)7-11(13(17)18)15-12(16)8-14-22(19,20)6-5-21-10(3)4/h9-11,14H,5-8H2,1-4H3,(H,15,16)(H,17,18)/t11-/m0/s1. The van der Waals surface area contributed by atoms with E-state index < -0.39 is 34.5 Å². The number of aliphatic carboxylic acids is 1. The molecule has 3 N–H and O–H groups in total. The fourth-order valence-corrected chi connectivity index (χ4v) is 2.39. The molecule has 1 atom stereocenters. The van der Waals surface area contributed by atoms with E-state index in [-0.39, 0.29) is 30.8 Å². The van der Waals surface area contributed by atoms with E-state index in [4.69, 9.17) is 9.84 Å². The SMILES string of the molecule is CC(C)C[C@H](NC(=O)CNS(=O)(=O)CCOC(C)C)C(=O)O. The number of carboxylic acid groups (broad SMARTS) is 1. The number of carbonyl (C=O) groups excluding carboxylic acids is 1. The number of hydrogen-bond donors (Lipinski definition) is 3. The van der Waals surface area contributed by atoms with Crippen molar-refractivity contribution in [3.63, 3.8) is 0 Å². The van der Waals surface area contributed by atoms with E-state index in [2.05, 4.69) is 10.0 Å². The first kappa shape index (κ1) is 20.8. The number of nitrogens with one attached hydrogen (secondary N) is 2. The van der Waals surface area contributed by atoms with Crippen molar-refractivity contribution in [2.24, 2.45) is 5.92 Å². The Balaban J connectivity index is 4.27. The summed E-state index contributed by atoms with van der Waals surface area (Å²) in [6.45, 7) is 6.77. The smallest absolute Gasteiger partial charge is 0.326 e. The number of carbonyl (C=O) groups is 2. The molecule has 0 aromatic carbocycles.